The first-order chi connectivity index (χ1) is 9.58. The second kappa shape index (κ2) is 3.53. The number of carbonyl (C=O) groups excluding carboxylic acids is 2. The second-order valence-corrected chi connectivity index (χ2v) is 5.29. The molecule has 1 aromatic heterocycles. The average molecular weight is 272 g/mol. The predicted molar refractivity (Wildman–Crippen MR) is 69.5 cm³/mol. The van der Waals surface area contributed by atoms with Gasteiger partial charge in [0.05, 0.1) is 5.39 Å². The molecule has 1 fully saturated rings. The van der Waals surface area contributed by atoms with Crippen LogP contribution < -0.4 is 5.32 Å². The minimum absolute atomic E-state index is 0.0960. The van der Waals surface area contributed by atoms with Crippen molar-refractivity contribution in [2.45, 2.75) is 25.3 Å². The van der Waals surface area contributed by atoms with E-state index in [9.17, 15) is 19.8 Å². The van der Waals surface area contributed by atoms with Crippen LogP contribution in [-0.4, -0.2) is 26.6 Å². The Labute approximate surface area is 113 Å². The zero-order chi connectivity index (χ0) is 14.0. The molecular weight excluding hydrogens is 260 g/mol. The number of rotatable bonds is 1. The largest absolute Gasteiger partial charge is 0.494 e. The molecule has 2 aliphatic rings. The fourth-order valence-corrected chi connectivity index (χ4v) is 3.00. The lowest BCUT2D eigenvalue weighted by molar-refractivity contribution is -0.135. The molecule has 1 unspecified atom stereocenters. The number of aromatic nitrogens is 1. The highest BCUT2D eigenvalue weighted by Crippen LogP contribution is 2.47. The van der Waals surface area contributed by atoms with Crippen LogP contribution in [0.15, 0.2) is 12.1 Å². The van der Waals surface area contributed by atoms with Crippen LogP contribution in [0.1, 0.15) is 30.0 Å². The van der Waals surface area contributed by atoms with Crippen LogP contribution in [-0.2, 0) is 16.0 Å². The van der Waals surface area contributed by atoms with Gasteiger partial charge < -0.3 is 10.2 Å². The molecule has 3 N–H and O–H groups in total. The maximum absolute atomic E-state index is 11.9. The van der Waals surface area contributed by atoms with Gasteiger partial charge in [-0.1, -0.05) is 6.07 Å². The number of hydrogen-bond acceptors (Lipinski definition) is 4. The molecule has 0 bridgehead atoms. The van der Waals surface area contributed by atoms with Gasteiger partial charge in [0, 0.05) is 11.8 Å². The fraction of sp³-hybridized carbons (Fsp3) is 0.286. The van der Waals surface area contributed by atoms with Crippen molar-refractivity contribution < 1.29 is 19.8 Å². The standard InChI is InChI=1S/C14H12N2O4/c17-10-4-3-9(12(18)15-10)16-13(19)7-2-1-6-5-8(6)11(7)14(16)20/h1-2,9,19-20H,3-5H2,(H,15,17,18). The van der Waals surface area contributed by atoms with E-state index in [1.165, 1.54) is 4.57 Å². The number of imide groups is 1. The summed E-state index contributed by atoms with van der Waals surface area (Å²) in [6, 6.07) is 2.90. The average Bonchev–Trinajstić information content (AvgIpc) is 3.14. The van der Waals surface area contributed by atoms with Gasteiger partial charge in [0.25, 0.3) is 0 Å². The van der Waals surface area contributed by atoms with Crippen molar-refractivity contribution in [1.82, 2.24) is 9.88 Å². The lowest BCUT2D eigenvalue weighted by Crippen LogP contribution is -2.41. The number of piperidine rings is 1. The van der Waals surface area contributed by atoms with Gasteiger partial charge in [0.2, 0.25) is 23.6 Å². The molecule has 2 heterocycles. The third kappa shape index (κ3) is 1.33. The molecule has 0 radical (unpaired) electrons. The number of amides is 2. The van der Waals surface area contributed by atoms with E-state index in [2.05, 4.69) is 5.32 Å². The molecule has 2 aromatic rings. The zero-order valence-corrected chi connectivity index (χ0v) is 10.5. The van der Waals surface area contributed by atoms with Gasteiger partial charge in [-0.25, -0.2) is 0 Å². The van der Waals surface area contributed by atoms with Gasteiger partial charge in [0.15, 0.2) is 0 Å². The van der Waals surface area contributed by atoms with E-state index in [-0.39, 0.29) is 30.5 Å². The van der Waals surface area contributed by atoms with Crippen LogP contribution in [0.4, 0.5) is 0 Å². The third-order valence-electron chi connectivity index (χ3n) is 4.09. The van der Waals surface area contributed by atoms with Gasteiger partial charge in [-0.2, -0.15) is 0 Å². The van der Waals surface area contributed by atoms with Crippen LogP contribution in [0.3, 0.4) is 0 Å². The van der Waals surface area contributed by atoms with E-state index in [4.69, 9.17) is 0 Å². The molecule has 6 nitrogen and oxygen atoms in total. The summed E-state index contributed by atoms with van der Waals surface area (Å²) in [5, 5.41) is 24.0. The minimum Gasteiger partial charge on any atom is -0.494 e. The molecule has 1 aliphatic carbocycles. The van der Waals surface area contributed by atoms with Crippen molar-refractivity contribution in [1.29, 1.82) is 0 Å². The van der Waals surface area contributed by atoms with E-state index in [0.717, 1.165) is 17.5 Å². The minimum atomic E-state index is -0.755. The summed E-state index contributed by atoms with van der Waals surface area (Å²) < 4.78 is 1.23. The molecule has 0 spiro atoms. The first kappa shape index (κ1) is 11.3. The Morgan fingerprint density at radius 3 is 2.75 bits per heavy atom. The summed E-state index contributed by atoms with van der Waals surface area (Å²) >= 11 is 0. The third-order valence-corrected chi connectivity index (χ3v) is 4.09. The summed E-state index contributed by atoms with van der Waals surface area (Å²) in [5.74, 6) is -1.04. The first-order valence-corrected chi connectivity index (χ1v) is 6.48. The lowest BCUT2D eigenvalue weighted by atomic mass is 10.1. The van der Waals surface area contributed by atoms with Crippen molar-refractivity contribution in [2.24, 2.45) is 0 Å². The monoisotopic (exact) mass is 272 g/mol. The normalized spacial score (nSPS) is 20.9. The Kier molecular flexibility index (Phi) is 2.00. The summed E-state index contributed by atoms with van der Waals surface area (Å²) in [6.45, 7) is 0. The molecule has 1 aliphatic heterocycles. The van der Waals surface area contributed by atoms with Crippen LogP contribution in [0, 0.1) is 0 Å². The maximum atomic E-state index is 11.9. The smallest absolute Gasteiger partial charge is 0.249 e. The van der Waals surface area contributed by atoms with Gasteiger partial charge in [0.1, 0.15) is 6.04 Å². The van der Waals surface area contributed by atoms with Crippen molar-refractivity contribution in [3.63, 3.8) is 0 Å². The number of fused-ring (bicyclic) bond motifs is 3. The number of aromatic hydroxyl groups is 2. The number of nitrogens with one attached hydrogen (secondary N) is 1. The van der Waals surface area contributed by atoms with E-state index < -0.39 is 11.9 Å². The molecule has 1 aromatic carbocycles. The Bertz CT molecular complexity index is 790. The second-order valence-electron chi connectivity index (χ2n) is 5.29. The van der Waals surface area contributed by atoms with Crippen molar-refractivity contribution in [2.75, 3.05) is 0 Å². The molecule has 20 heavy (non-hydrogen) atoms. The molecule has 0 saturated carbocycles. The number of hydrogen-bond donors (Lipinski definition) is 3. The highest BCUT2D eigenvalue weighted by molar-refractivity contribution is 6.02. The van der Waals surface area contributed by atoms with E-state index in [1.807, 2.05) is 6.07 Å². The topological polar surface area (TPSA) is 91.6 Å². The van der Waals surface area contributed by atoms with E-state index in [0.29, 0.717) is 10.8 Å². The van der Waals surface area contributed by atoms with Crippen molar-refractivity contribution in [3.8, 4) is 11.8 Å². The Hall–Kier alpha value is -2.50. The van der Waals surface area contributed by atoms with Gasteiger partial charge >= 0.3 is 0 Å². The SMILES string of the molecule is O=C1CCC(n2c(O)c3ccc4c(c3c2O)C4)C(=O)N1. The molecule has 4 rings (SSSR count). The van der Waals surface area contributed by atoms with Crippen molar-refractivity contribution >= 4 is 22.6 Å². The predicted octanol–water partition coefficient (Wildman–Crippen LogP) is 0.934. The van der Waals surface area contributed by atoms with Crippen LogP contribution >= 0.6 is 0 Å². The number of carbonyl (C=O) groups is 2. The maximum Gasteiger partial charge on any atom is 0.249 e. The quantitative estimate of drug-likeness (QED) is 0.575. The van der Waals surface area contributed by atoms with Gasteiger partial charge in [-0.3, -0.25) is 19.5 Å². The summed E-state index contributed by atoms with van der Waals surface area (Å²) in [6.07, 6.45) is 1.27. The highest BCUT2D eigenvalue weighted by Gasteiger charge is 2.35. The number of nitrogens with zero attached hydrogens (tertiary/aromatic N) is 1. The molecule has 6 heteroatoms. The molecule has 2 amide bonds. The highest BCUT2D eigenvalue weighted by atomic mass is 16.3. The Morgan fingerprint density at radius 2 is 2.00 bits per heavy atom. The van der Waals surface area contributed by atoms with Gasteiger partial charge in [-0.15, -0.1) is 0 Å². The van der Waals surface area contributed by atoms with E-state index in [1.54, 1.807) is 6.07 Å². The molecule has 102 valence electrons. The van der Waals surface area contributed by atoms with E-state index >= 15 is 0 Å². The zero-order valence-electron chi connectivity index (χ0n) is 10.5. The summed E-state index contributed by atoms with van der Waals surface area (Å²) in [4.78, 5) is 23.1. The lowest BCUT2D eigenvalue weighted by Gasteiger charge is -2.23. The van der Waals surface area contributed by atoms with Crippen LogP contribution in [0.2, 0.25) is 0 Å². The summed E-state index contributed by atoms with van der Waals surface area (Å²) in [7, 11) is 0. The van der Waals surface area contributed by atoms with Crippen molar-refractivity contribution in [3.05, 3.63) is 23.3 Å². The van der Waals surface area contributed by atoms with Crippen LogP contribution in [0.5, 0.6) is 11.8 Å². The molecule has 1 saturated heterocycles. The van der Waals surface area contributed by atoms with Gasteiger partial charge in [-0.05, 0) is 30.0 Å². The number of benzene rings is 1. The Morgan fingerprint density at radius 1 is 1.20 bits per heavy atom. The Balaban J connectivity index is 1.91. The molecular formula is C14H12N2O4. The fourth-order valence-electron chi connectivity index (χ4n) is 3.00. The van der Waals surface area contributed by atoms with Crippen LogP contribution in [0.25, 0.3) is 10.8 Å². The summed E-state index contributed by atoms with van der Waals surface area (Å²) in [5.41, 5.74) is 2.16. The molecule has 1 atom stereocenters. The first-order valence-electron chi connectivity index (χ1n) is 6.48.